The van der Waals surface area contributed by atoms with Crippen LogP contribution in [0.5, 0.6) is 0 Å². The third kappa shape index (κ3) is 4.12. The summed E-state index contributed by atoms with van der Waals surface area (Å²) in [6, 6.07) is 0.904. The lowest BCUT2D eigenvalue weighted by molar-refractivity contribution is 0.123. The van der Waals surface area contributed by atoms with Crippen molar-refractivity contribution in [3.63, 3.8) is 0 Å². The molecule has 90 valence electrons. The number of nitrogens with zero attached hydrogens (tertiary/aromatic N) is 1. The van der Waals surface area contributed by atoms with Gasteiger partial charge in [-0.2, -0.15) is 0 Å². The second kappa shape index (κ2) is 4.84. The predicted octanol–water partition coefficient (Wildman–Crippen LogP) is 2.48. The number of hydrogen-bond donors (Lipinski definition) is 1. The highest BCUT2D eigenvalue weighted by atomic mass is 15.2. The van der Waals surface area contributed by atoms with Gasteiger partial charge >= 0.3 is 0 Å². The fourth-order valence-corrected chi connectivity index (χ4v) is 1.76. The van der Waals surface area contributed by atoms with Crippen LogP contribution in [-0.4, -0.2) is 30.1 Å². The second-order valence-electron chi connectivity index (χ2n) is 6.24. The summed E-state index contributed by atoms with van der Waals surface area (Å²) in [6.45, 7) is 13.7. The van der Waals surface area contributed by atoms with Crippen LogP contribution >= 0.6 is 0 Å². The molecule has 1 saturated carbocycles. The first-order valence-electron chi connectivity index (χ1n) is 6.32. The van der Waals surface area contributed by atoms with Crippen molar-refractivity contribution in [2.45, 2.75) is 59.5 Å². The Morgan fingerprint density at radius 3 is 2.13 bits per heavy atom. The fraction of sp³-hybridized carbons (Fsp3) is 1.00. The maximum absolute atomic E-state index is 6.04. The highest BCUT2D eigenvalue weighted by Gasteiger charge is 2.31. The summed E-state index contributed by atoms with van der Waals surface area (Å²) in [5, 5.41) is 0. The van der Waals surface area contributed by atoms with E-state index in [2.05, 4.69) is 39.5 Å². The summed E-state index contributed by atoms with van der Waals surface area (Å²) in [4.78, 5) is 2.60. The standard InChI is InChI=1S/C13H28N2/c1-10(2)15(8-12-6-7-12)9-13(4,5)11(3)14/h10-12H,6-9,14H2,1-5H3. The second-order valence-corrected chi connectivity index (χ2v) is 6.24. The van der Waals surface area contributed by atoms with Crippen LogP contribution in [0, 0.1) is 11.3 Å². The molecule has 0 spiro atoms. The van der Waals surface area contributed by atoms with Crippen LogP contribution in [0.1, 0.15) is 47.5 Å². The highest BCUT2D eigenvalue weighted by molar-refractivity contribution is 4.85. The van der Waals surface area contributed by atoms with Gasteiger partial charge in [0.05, 0.1) is 0 Å². The lowest BCUT2D eigenvalue weighted by Gasteiger charge is -2.37. The first-order chi connectivity index (χ1) is 6.83. The predicted molar refractivity (Wildman–Crippen MR) is 66.9 cm³/mol. The molecule has 0 aromatic rings. The van der Waals surface area contributed by atoms with Gasteiger partial charge in [0.1, 0.15) is 0 Å². The maximum Gasteiger partial charge on any atom is 0.00739 e. The molecule has 2 heteroatoms. The molecule has 2 N–H and O–H groups in total. The van der Waals surface area contributed by atoms with E-state index < -0.39 is 0 Å². The minimum absolute atomic E-state index is 0.221. The zero-order chi connectivity index (χ0) is 11.6. The van der Waals surface area contributed by atoms with Crippen molar-refractivity contribution >= 4 is 0 Å². The third-order valence-electron chi connectivity index (χ3n) is 3.76. The topological polar surface area (TPSA) is 29.3 Å². The van der Waals surface area contributed by atoms with E-state index in [1.807, 2.05) is 0 Å². The summed E-state index contributed by atoms with van der Waals surface area (Å²) in [5.41, 5.74) is 6.26. The maximum atomic E-state index is 6.04. The summed E-state index contributed by atoms with van der Waals surface area (Å²) in [6.07, 6.45) is 2.86. The van der Waals surface area contributed by atoms with Crippen molar-refractivity contribution in [3.05, 3.63) is 0 Å². The molecule has 0 aliphatic heterocycles. The van der Waals surface area contributed by atoms with E-state index >= 15 is 0 Å². The molecule has 0 bridgehead atoms. The van der Waals surface area contributed by atoms with Gasteiger partial charge in [0.25, 0.3) is 0 Å². The monoisotopic (exact) mass is 212 g/mol. The van der Waals surface area contributed by atoms with E-state index in [0.29, 0.717) is 6.04 Å². The molecule has 1 unspecified atom stereocenters. The molecule has 2 nitrogen and oxygen atoms in total. The van der Waals surface area contributed by atoms with Gasteiger partial charge in [-0.05, 0) is 44.9 Å². The molecule has 0 amide bonds. The average molecular weight is 212 g/mol. The van der Waals surface area contributed by atoms with Gasteiger partial charge in [0.2, 0.25) is 0 Å². The van der Waals surface area contributed by atoms with Crippen LogP contribution in [0.25, 0.3) is 0 Å². The summed E-state index contributed by atoms with van der Waals surface area (Å²) in [5.74, 6) is 0.969. The van der Waals surface area contributed by atoms with Gasteiger partial charge in [-0.25, -0.2) is 0 Å². The molecular weight excluding hydrogens is 184 g/mol. The molecule has 1 aliphatic rings. The summed E-state index contributed by atoms with van der Waals surface area (Å²) >= 11 is 0. The Balaban J connectivity index is 2.48. The van der Waals surface area contributed by atoms with Crippen molar-refractivity contribution in [2.24, 2.45) is 17.1 Å². The van der Waals surface area contributed by atoms with Gasteiger partial charge in [-0.1, -0.05) is 13.8 Å². The van der Waals surface area contributed by atoms with Crippen molar-refractivity contribution in [1.29, 1.82) is 0 Å². The van der Waals surface area contributed by atoms with E-state index in [9.17, 15) is 0 Å². The summed E-state index contributed by atoms with van der Waals surface area (Å²) in [7, 11) is 0. The van der Waals surface area contributed by atoms with Crippen molar-refractivity contribution in [1.82, 2.24) is 4.90 Å². The zero-order valence-electron chi connectivity index (χ0n) is 11.1. The molecule has 15 heavy (non-hydrogen) atoms. The van der Waals surface area contributed by atoms with Crippen LogP contribution in [0.4, 0.5) is 0 Å². The smallest absolute Gasteiger partial charge is 0.00739 e. The lowest BCUT2D eigenvalue weighted by atomic mass is 9.85. The van der Waals surface area contributed by atoms with Crippen molar-refractivity contribution in [3.8, 4) is 0 Å². The molecule has 0 aromatic heterocycles. The Labute approximate surface area is 95.2 Å². The largest absolute Gasteiger partial charge is 0.327 e. The third-order valence-corrected chi connectivity index (χ3v) is 3.76. The summed E-state index contributed by atoms with van der Waals surface area (Å²) < 4.78 is 0. The minimum atomic E-state index is 0.221. The molecule has 0 aromatic carbocycles. The molecule has 0 heterocycles. The Morgan fingerprint density at radius 2 is 1.80 bits per heavy atom. The Kier molecular flexibility index (Phi) is 4.19. The van der Waals surface area contributed by atoms with Crippen LogP contribution < -0.4 is 5.73 Å². The van der Waals surface area contributed by atoms with Crippen LogP contribution in [0.3, 0.4) is 0 Å². The van der Waals surface area contributed by atoms with Gasteiger partial charge in [-0.15, -0.1) is 0 Å². The molecule has 0 saturated heterocycles. The van der Waals surface area contributed by atoms with Crippen molar-refractivity contribution < 1.29 is 0 Å². The van der Waals surface area contributed by atoms with Crippen molar-refractivity contribution in [2.75, 3.05) is 13.1 Å². The van der Waals surface area contributed by atoms with Gasteiger partial charge in [0.15, 0.2) is 0 Å². The Morgan fingerprint density at radius 1 is 1.27 bits per heavy atom. The van der Waals surface area contributed by atoms with E-state index in [0.717, 1.165) is 12.5 Å². The lowest BCUT2D eigenvalue weighted by Crippen LogP contribution is -2.47. The Hall–Kier alpha value is -0.0800. The fourth-order valence-electron chi connectivity index (χ4n) is 1.76. The van der Waals surface area contributed by atoms with Crippen LogP contribution in [-0.2, 0) is 0 Å². The average Bonchev–Trinajstić information content (AvgIpc) is 2.86. The van der Waals surface area contributed by atoms with Crippen LogP contribution in [0.2, 0.25) is 0 Å². The SMILES string of the molecule is CC(C)N(CC1CC1)CC(C)(C)C(C)N. The molecule has 1 fully saturated rings. The number of rotatable bonds is 6. The first-order valence-corrected chi connectivity index (χ1v) is 6.32. The molecule has 1 atom stereocenters. The Bertz CT molecular complexity index is 193. The molecule has 1 aliphatic carbocycles. The van der Waals surface area contributed by atoms with Gasteiger partial charge < -0.3 is 10.6 Å². The van der Waals surface area contributed by atoms with E-state index in [1.54, 1.807) is 0 Å². The van der Waals surface area contributed by atoms with Crippen LogP contribution in [0.15, 0.2) is 0 Å². The highest BCUT2D eigenvalue weighted by Crippen LogP contribution is 2.32. The molecule has 0 radical (unpaired) electrons. The first kappa shape index (κ1) is 13.0. The normalized spacial score (nSPS) is 20.0. The van der Waals surface area contributed by atoms with Gasteiger partial charge in [-0.3, -0.25) is 0 Å². The quantitative estimate of drug-likeness (QED) is 0.733. The molecule has 1 rings (SSSR count). The zero-order valence-corrected chi connectivity index (χ0v) is 11.1. The van der Waals surface area contributed by atoms with E-state index in [4.69, 9.17) is 5.73 Å². The number of nitrogens with two attached hydrogens (primary N) is 1. The van der Waals surface area contributed by atoms with Gasteiger partial charge in [0, 0.05) is 25.2 Å². The minimum Gasteiger partial charge on any atom is -0.327 e. The van der Waals surface area contributed by atoms with E-state index in [1.165, 1.54) is 19.4 Å². The number of hydrogen-bond acceptors (Lipinski definition) is 2. The molecular formula is C13H28N2. The van der Waals surface area contributed by atoms with E-state index in [-0.39, 0.29) is 11.5 Å².